The Hall–Kier alpha value is -2.27. The van der Waals surface area contributed by atoms with E-state index in [1.807, 2.05) is 12.1 Å². The van der Waals surface area contributed by atoms with E-state index < -0.39 is 10.0 Å². The van der Waals surface area contributed by atoms with Gasteiger partial charge in [0.1, 0.15) is 0 Å². The molecule has 0 unspecified atom stereocenters. The third kappa shape index (κ3) is 6.63. The van der Waals surface area contributed by atoms with E-state index in [1.165, 1.54) is 16.5 Å². The van der Waals surface area contributed by atoms with E-state index in [-0.39, 0.29) is 24.0 Å². The second-order valence-corrected chi connectivity index (χ2v) is 8.75. The quantitative estimate of drug-likeness (QED) is 0.210. The molecule has 4 N–H and O–H groups in total. The number of benzene rings is 2. The number of rotatable bonds is 7. The molecule has 1 heterocycles. The van der Waals surface area contributed by atoms with E-state index in [1.54, 1.807) is 19.2 Å². The average Bonchev–Trinajstić information content (AvgIpc) is 3.06. The van der Waals surface area contributed by atoms with Crippen LogP contribution in [0.15, 0.2) is 53.7 Å². The molecule has 0 aliphatic heterocycles. The average molecular weight is 541 g/mol. The summed E-state index contributed by atoms with van der Waals surface area (Å²) in [6.45, 7) is 3.26. The van der Waals surface area contributed by atoms with Gasteiger partial charge in [-0.15, -0.1) is 24.0 Å². The molecule has 2 aromatic carbocycles. The second kappa shape index (κ2) is 10.7. The molecule has 0 radical (unpaired) electrons. The number of aryl methyl sites for hydroxylation is 1. The maximum Gasteiger partial charge on any atom is 0.229 e. The summed E-state index contributed by atoms with van der Waals surface area (Å²) in [5.74, 6) is 0.662. The molecule has 3 rings (SSSR count). The van der Waals surface area contributed by atoms with Gasteiger partial charge in [-0.2, -0.15) is 0 Å². The fourth-order valence-corrected chi connectivity index (χ4v) is 3.79. The number of halogens is 1. The number of sulfonamides is 1. The van der Waals surface area contributed by atoms with Crippen LogP contribution in [0.5, 0.6) is 0 Å². The minimum absolute atomic E-state index is 0. The molecular weight excluding hydrogens is 513 g/mol. The van der Waals surface area contributed by atoms with Crippen molar-refractivity contribution in [1.82, 2.24) is 15.6 Å². The van der Waals surface area contributed by atoms with Crippen LogP contribution in [-0.4, -0.2) is 39.2 Å². The first-order chi connectivity index (χ1) is 13.9. The number of nitrogens with one attached hydrogen (secondary N) is 4. The lowest BCUT2D eigenvalue weighted by Crippen LogP contribution is -2.38. The van der Waals surface area contributed by atoms with Crippen molar-refractivity contribution in [3.05, 3.63) is 65.4 Å². The van der Waals surface area contributed by atoms with Crippen LogP contribution >= 0.6 is 24.0 Å². The summed E-state index contributed by atoms with van der Waals surface area (Å²) >= 11 is 0. The van der Waals surface area contributed by atoms with Crippen LogP contribution < -0.4 is 15.4 Å². The summed E-state index contributed by atoms with van der Waals surface area (Å²) in [5, 5.41) is 7.78. The van der Waals surface area contributed by atoms with Gasteiger partial charge in [-0.1, -0.05) is 30.3 Å². The maximum absolute atomic E-state index is 11.5. The summed E-state index contributed by atoms with van der Waals surface area (Å²) in [7, 11) is -1.62. The lowest BCUT2D eigenvalue weighted by molar-refractivity contribution is 0.606. The van der Waals surface area contributed by atoms with Crippen molar-refractivity contribution in [2.24, 2.45) is 4.99 Å². The smallest absolute Gasteiger partial charge is 0.229 e. The summed E-state index contributed by atoms with van der Waals surface area (Å²) in [6, 6.07) is 13.7. The molecule has 9 heteroatoms. The Morgan fingerprint density at radius 2 is 1.87 bits per heavy atom. The number of hydrogen-bond acceptors (Lipinski definition) is 3. The van der Waals surface area contributed by atoms with Crippen molar-refractivity contribution in [2.75, 3.05) is 24.6 Å². The van der Waals surface area contributed by atoms with Crippen LogP contribution in [0, 0.1) is 6.92 Å². The molecular formula is C21H28IN5O2S. The molecule has 0 saturated carbocycles. The summed E-state index contributed by atoms with van der Waals surface area (Å²) in [5.41, 5.74) is 5.04. The topological polar surface area (TPSA) is 98.4 Å². The predicted octanol–water partition coefficient (Wildman–Crippen LogP) is 3.37. The van der Waals surface area contributed by atoms with Crippen LogP contribution in [0.1, 0.15) is 16.7 Å². The molecule has 0 aliphatic carbocycles. The number of anilines is 1. The number of nitrogens with zero attached hydrogens (tertiary/aromatic N) is 1. The van der Waals surface area contributed by atoms with Crippen LogP contribution in [0.2, 0.25) is 0 Å². The second-order valence-electron chi connectivity index (χ2n) is 7.00. The van der Waals surface area contributed by atoms with Gasteiger partial charge >= 0.3 is 0 Å². The standard InChI is InChI=1S/C21H27N5O2S.HI/c1-15-8-9-18-16(13-24-20(18)12-15)10-11-23-21(22-2)25-14-17-6-4-5-7-19(17)26-29(3,27)28;/h4-9,12-13,24,26H,10-11,14H2,1-3H3,(H2,22,23,25);1H. The minimum atomic E-state index is -3.33. The largest absolute Gasteiger partial charge is 0.361 e. The lowest BCUT2D eigenvalue weighted by Gasteiger charge is -2.14. The van der Waals surface area contributed by atoms with Crippen LogP contribution in [0.3, 0.4) is 0 Å². The van der Waals surface area contributed by atoms with E-state index in [0.717, 1.165) is 30.3 Å². The van der Waals surface area contributed by atoms with Crippen molar-refractivity contribution in [2.45, 2.75) is 19.9 Å². The lowest BCUT2D eigenvalue weighted by atomic mass is 10.1. The summed E-state index contributed by atoms with van der Waals surface area (Å²) in [6.07, 6.45) is 4.05. The van der Waals surface area contributed by atoms with E-state index in [2.05, 4.69) is 56.7 Å². The molecule has 30 heavy (non-hydrogen) atoms. The van der Waals surface area contributed by atoms with Gasteiger partial charge in [-0.05, 0) is 42.2 Å². The Labute approximate surface area is 194 Å². The van der Waals surface area contributed by atoms with Gasteiger partial charge in [-0.3, -0.25) is 9.71 Å². The number of aliphatic imine (C=N–C) groups is 1. The third-order valence-corrected chi connectivity index (χ3v) is 5.18. The van der Waals surface area contributed by atoms with Gasteiger partial charge in [0.05, 0.1) is 11.9 Å². The van der Waals surface area contributed by atoms with Crippen molar-refractivity contribution < 1.29 is 8.42 Å². The molecule has 0 saturated heterocycles. The van der Waals surface area contributed by atoms with E-state index in [4.69, 9.17) is 0 Å². The highest BCUT2D eigenvalue weighted by molar-refractivity contribution is 14.0. The first-order valence-electron chi connectivity index (χ1n) is 9.42. The van der Waals surface area contributed by atoms with Crippen molar-refractivity contribution in [3.63, 3.8) is 0 Å². The summed E-state index contributed by atoms with van der Waals surface area (Å²) in [4.78, 5) is 7.57. The van der Waals surface area contributed by atoms with Gasteiger partial charge < -0.3 is 15.6 Å². The number of H-pyrrole nitrogens is 1. The van der Waals surface area contributed by atoms with Crippen molar-refractivity contribution in [1.29, 1.82) is 0 Å². The molecule has 7 nitrogen and oxygen atoms in total. The van der Waals surface area contributed by atoms with Gasteiger partial charge in [0.25, 0.3) is 0 Å². The molecule has 0 fully saturated rings. The van der Waals surface area contributed by atoms with Crippen LogP contribution in [0.25, 0.3) is 10.9 Å². The van der Waals surface area contributed by atoms with E-state index >= 15 is 0 Å². The normalized spacial score (nSPS) is 11.8. The highest BCUT2D eigenvalue weighted by atomic mass is 127. The Morgan fingerprint density at radius 3 is 2.60 bits per heavy atom. The molecule has 162 valence electrons. The molecule has 0 aliphatic rings. The molecule has 3 aromatic rings. The molecule has 0 spiro atoms. The Bertz CT molecular complexity index is 1130. The molecule has 0 amide bonds. The number of fused-ring (bicyclic) bond motifs is 1. The highest BCUT2D eigenvalue weighted by Crippen LogP contribution is 2.19. The first-order valence-corrected chi connectivity index (χ1v) is 11.3. The van der Waals surface area contributed by atoms with Crippen molar-refractivity contribution >= 4 is 56.5 Å². The Kier molecular flexibility index (Phi) is 8.54. The van der Waals surface area contributed by atoms with E-state index in [0.29, 0.717) is 18.2 Å². The monoisotopic (exact) mass is 541 g/mol. The number of aromatic amines is 1. The van der Waals surface area contributed by atoms with Crippen LogP contribution in [-0.2, 0) is 23.0 Å². The first kappa shape index (κ1) is 24.0. The fourth-order valence-electron chi connectivity index (χ4n) is 3.20. The number of para-hydroxylation sites is 1. The zero-order valence-corrected chi connectivity index (χ0v) is 20.5. The van der Waals surface area contributed by atoms with Gasteiger partial charge in [-0.25, -0.2) is 8.42 Å². The van der Waals surface area contributed by atoms with Gasteiger partial charge in [0.2, 0.25) is 10.0 Å². The third-order valence-electron chi connectivity index (χ3n) is 4.59. The van der Waals surface area contributed by atoms with E-state index in [9.17, 15) is 8.42 Å². The molecule has 1 aromatic heterocycles. The number of guanidine groups is 1. The predicted molar refractivity (Wildman–Crippen MR) is 135 cm³/mol. The summed E-state index contributed by atoms with van der Waals surface area (Å²) < 4.78 is 25.6. The van der Waals surface area contributed by atoms with Gasteiger partial charge in [0, 0.05) is 37.2 Å². The Balaban J connectivity index is 0.00000320. The highest BCUT2D eigenvalue weighted by Gasteiger charge is 2.08. The zero-order valence-electron chi connectivity index (χ0n) is 17.3. The number of aromatic nitrogens is 1. The minimum Gasteiger partial charge on any atom is -0.361 e. The molecule has 0 bridgehead atoms. The van der Waals surface area contributed by atoms with Crippen molar-refractivity contribution in [3.8, 4) is 0 Å². The molecule has 0 atom stereocenters. The Morgan fingerprint density at radius 1 is 1.10 bits per heavy atom. The van der Waals surface area contributed by atoms with Crippen LogP contribution in [0.4, 0.5) is 5.69 Å². The van der Waals surface area contributed by atoms with Gasteiger partial charge in [0.15, 0.2) is 5.96 Å². The SMILES string of the molecule is CN=C(NCCc1c[nH]c2cc(C)ccc12)NCc1ccccc1NS(C)(=O)=O.I. The number of hydrogen-bond donors (Lipinski definition) is 4. The zero-order chi connectivity index (χ0) is 20.9. The fraction of sp³-hybridized carbons (Fsp3) is 0.286. The maximum atomic E-state index is 11.5.